The smallest absolute Gasteiger partial charge is 0.320 e. The lowest BCUT2D eigenvalue weighted by molar-refractivity contribution is -0.138. The molecular weight excluding hydrogens is 206 g/mol. The van der Waals surface area contributed by atoms with Gasteiger partial charge in [0.25, 0.3) is 0 Å². The normalized spacial score (nSPS) is 13.9. The second kappa shape index (κ2) is 7.73. The van der Waals surface area contributed by atoms with E-state index in [1.54, 1.807) is 6.92 Å². The molecule has 0 aromatic heterocycles. The molecule has 0 aliphatic carbocycles. The summed E-state index contributed by atoms with van der Waals surface area (Å²) in [5, 5.41) is 15.7. The fourth-order valence-electron chi connectivity index (χ4n) is 0.898. The second-order valence-corrected chi connectivity index (χ2v) is 3.17. The Balaban J connectivity index is 0. The highest BCUT2D eigenvalue weighted by Crippen LogP contribution is 2.02. The van der Waals surface area contributed by atoms with Gasteiger partial charge in [0.15, 0.2) is 0 Å². The van der Waals surface area contributed by atoms with Crippen molar-refractivity contribution >= 4 is 24.1 Å². The van der Waals surface area contributed by atoms with Crippen molar-refractivity contribution in [2.24, 2.45) is 11.5 Å². The van der Waals surface area contributed by atoms with E-state index in [0.29, 0.717) is 25.0 Å². The minimum Gasteiger partial charge on any atom is -0.480 e. The van der Waals surface area contributed by atoms with Crippen molar-refractivity contribution in [2.45, 2.75) is 38.3 Å². The lowest BCUT2D eigenvalue weighted by Gasteiger charge is -2.10. The van der Waals surface area contributed by atoms with Crippen molar-refractivity contribution in [3.8, 4) is 0 Å². The van der Waals surface area contributed by atoms with Crippen LogP contribution in [0.5, 0.6) is 0 Å². The zero-order chi connectivity index (χ0) is 10.4. The number of carbonyl (C=O) groups is 1. The van der Waals surface area contributed by atoms with E-state index < -0.39 is 12.0 Å². The van der Waals surface area contributed by atoms with Crippen molar-refractivity contribution < 1.29 is 9.90 Å². The Labute approximate surface area is 89.8 Å². The summed E-state index contributed by atoms with van der Waals surface area (Å²) in [6.07, 6.45) is 1.68. The molecule has 14 heavy (non-hydrogen) atoms. The SMILES string of the molecule is CC(=N)C(N)CCC[C@H](N)C(=O)O.Cl. The zero-order valence-corrected chi connectivity index (χ0v) is 9.01. The summed E-state index contributed by atoms with van der Waals surface area (Å²) in [4.78, 5) is 10.3. The van der Waals surface area contributed by atoms with Crippen LogP contribution < -0.4 is 11.5 Å². The summed E-state index contributed by atoms with van der Waals surface area (Å²) >= 11 is 0. The Morgan fingerprint density at radius 3 is 2.14 bits per heavy atom. The van der Waals surface area contributed by atoms with Gasteiger partial charge in [0.1, 0.15) is 6.04 Å². The molecule has 6 N–H and O–H groups in total. The molecule has 0 aromatic rings. The number of halogens is 1. The Hall–Kier alpha value is -0.650. The summed E-state index contributed by atoms with van der Waals surface area (Å²) < 4.78 is 0. The van der Waals surface area contributed by atoms with E-state index in [1.165, 1.54) is 0 Å². The van der Waals surface area contributed by atoms with Crippen LogP contribution in [0.15, 0.2) is 0 Å². The first-order chi connectivity index (χ1) is 5.95. The standard InChI is InChI=1S/C8H17N3O2.ClH/c1-5(9)6(10)3-2-4-7(11)8(12)13;/h6-7,9H,2-4,10-11H2,1H3,(H,12,13);1H/t6?,7-;/m0./s1. The molecule has 84 valence electrons. The van der Waals surface area contributed by atoms with Crippen LogP contribution in [0.4, 0.5) is 0 Å². The average molecular weight is 224 g/mol. The van der Waals surface area contributed by atoms with Crippen molar-refractivity contribution in [3.63, 3.8) is 0 Å². The molecule has 0 aliphatic rings. The lowest BCUT2D eigenvalue weighted by atomic mass is 10.0. The highest BCUT2D eigenvalue weighted by Gasteiger charge is 2.12. The number of nitrogens with one attached hydrogen (secondary N) is 1. The molecule has 1 unspecified atom stereocenters. The molecule has 0 aliphatic heterocycles. The van der Waals surface area contributed by atoms with E-state index in [2.05, 4.69) is 0 Å². The van der Waals surface area contributed by atoms with E-state index >= 15 is 0 Å². The molecular formula is C8H18ClN3O2. The number of hydrogen-bond acceptors (Lipinski definition) is 4. The molecule has 0 spiro atoms. The van der Waals surface area contributed by atoms with Crippen LogP contribution >= 0.6 is 12.4 Å². The molecule has 0 fully saturated rings. The molecule has 0 amide bonds. The topological polar surface area (TPSA) is 113 Å². The molecule has 0 rings (SSSR count). The van der Waals surface area contributed by atoms with Crippen LogP contribution in [0.3, 0.4) is 0 Å². The first-order valence-electron chi connectivity index (χ1n) is 4.24. The van der Waals surface area contributed by atoms with E-state index in [0.717, 1.165) is 0 Å². The van der Waals surface area contributed by atoms with Crippen molar-refractivity contribution in [3.05, 3.63) is 0 Å². The minimum atomic E-state index is -0.986. The largest absolute Gasteiger partial charge is 0.480 e. The minimum absolute atomic E-state index is 0. The van der Waals surface area contributed by atoms with E-state index in [9.17, 15) is 4.79 Å². The lowest BCUT2D eigenvalue weighted by Crippen LogP contribution is -2.32. The van der Waals surface area contributed by atoms with E-state index in [-0.39, 0.29) is 18.4 Å². The Morgan fingerprint density at radius 1 is 1.36 bits per heavy atom. The van der Waals surface area contributed by atoms with Crippen LogP contribution in [-0.4, -0.2) is 28.9 Å². The molecule has 0 heterocycles. The van der Waals surface area contributed by atoms with Gasteiger partial charge in [0, 0.05) is 11.8 Å². The molecule has 2 atom stereocenters. The van der Waals surface area contributed by atoms with Gasteiger partial charge in [-0.1, -0.05) is 0 Å². The predicted octanol–water partition coefficient (Wildman–Crippen LogP) is 0.357. The van der Waals surface area contributed by atoms with Crippen LogP contribution in [0, 0.1) is 5.41 Å². The average Bonchev–Trinajstić information content (AvgIpc) is 2.03. The molecule has 5 nitrogen and oxygen atoms in total. The number of carboxylic acid groups (broad SMARTS) is 1. The zero-order valence-electron chi connectivity index (χ0n) is 8.19. The summed E-state index contributed by atoms with van der Waals surface area (Å²) in [5.74, 6) is -0.986. The van der Waals surface area contributed by atoms with Gasteiger partial charge in [-0.3, -0.25) is 4.79 Å². The third-order valence-corrected chi connectivity index (χ3v) is 1.90. The Kier molecular flexibility index (Phi) is 8.72. The predicted molar refractivity (Wildman–Crippen MR) is 58.1 cm³/mol. The maximum Gasteiger partial charge on any atom is 0.320 e. The monoisotopic (exact) mass is 223 g/mol. The second-order valence-electron chi connectivity index (χ2n) is 3.17. The fourth-order valence-corrected chi connectivity index (χ4v) is 0.898. The van der Waals surface area contributed by atoms with Gasteiger partial charge in [-0.15, -0.1) is 12.4 Å². The quantitative estimate of drug-likeness (QED) is 0.487. The van der Waals surface area contributed by atoms with Crippen molar-refractivity contribution in [1.82, 2.24) is 0 Å². The number of aliphatic carboxylic acids is 1. The first-order valence-corrected chi connectivity index (χ1v) is 4.24. The Bertz CT molecular complexity index is 179. The van der Waals surface area contributed by atoms with Gasteiger partial charge in [0.2, 0.25) is 0 Å². The van der Waals surface area contributed by atoms with Crippen molar-refractivity contribution in [2.75, 3.05) is 0 Å². The fraction of sp³-hybridized carbons (Fsp3) is 0.750. The maximum absolute atomic E-state index is 10.3. The summed E-state index contributed by atoms with van der Waals surface area (Å²) in [7, 11) is 0. The summed E-state index contributed by atoms with van der Waals surface area (Å²) in [6.45, 7) is 1.64. The third-order valence-electron chi connectivity index (χ3n) is 1.90. The van der Waals surface area contributed by atoms with Gasteiger partial charge >= 0.3 is 5.97 Å². The highest BCUT2D eigenvalue weighted by atomic mass is 35.5. The summed E-state index contributed by atoms with van der Waals surface area (Å²) in [6, 6.07) is -1.07. The summed E-state index contributed by atoms with van der Waals surface area (Å²) in [5.41, 5.74) is 11.3. The number of carboxylic acids is 1. The van der Waals surface area contributed by atoms with Gasteiger partial charge in [-0.2, -0.15) is 0 Å². The van der Waals surface area contributed by atoms with Crippen LogP contribution in [0.25, 0.3) is 0 Å². The maximum atomic E-state index is 10.3. The van der Waals surface area contributed by atoms with E-state index in [1.807, 2.05) is 0 Å². The third kappa shape index (κ3) is 6.82. The molecule has 0 radical (unpaired) electrons. The van der Waals surface area contributed by atoms with Crippen LogP contribution in [0.1, 0.15) is 26.2 Å². The van der Waals surface area contributed by atoms with E-state index in [4.69, 9.17) is 22.0 Å². The number of hydrogen-bond donors (Lipinski definition) is 4. The van der Waals surface area contributed by atoms with Crippen molar-refractivity contribution in [1.29, 1.82) is 5.41 Å². The number of nitrogens with two attached hydrogens (primary N) is 2. The number of rotatable bonds is 6. The van der Waals surface area contributed by atoms with Gasteiger partial charge in [0.05, 0.1) is 0 Å². The molecule has 6 heteroatoms. The van der Waals surface area contributed by atoms with Gasteiger partial charge in [-0.05, 0) is 26.2 Å². The van der Waals surface area contributed by atoms with Crippen LogP contribution in [-0.2, 0) is 4.79 Å². The molecule has 0 saturated heterocycles. The molecule has 0 aromatic carbocycles. The Morgan fingerprint density at radius 2 is 1.79 bits per heavy atom. The van der Waals surface area contributed by atoms with Gasteiger partial charge in [-0.25, -0.2) is 0 Å². The first kappa shape index (κ1) is 15.8. The van der Waals surface area contributed by atoms with Gasteiger partial charge < -0.3 is 22.0 Å². The molecule has 0 bridgehead atoms. The van der Waals surface area contributed by atoms with Crippen LogP contribution in [0.2, 0.25) is 0 Å². The highest BCUT2D eigenvalue weighted by molar-refractivity contribution is 5.85. The molecule has 0 saturated carbocycles.